The molecule has 3 rings (SSSR count). The van der Waals surface area contributed by atoms with Crippen molar-refractivity contribution in [1.82, 2.24) is 14.5 Å². The number of anilines is 1. The molecular formula is C12H15IN4O2. The lowest BCUT2D eigenvalue weighted by Gasteiger charge is -2.12. The first-order valence-corrected chi connectivity index (χ1v) is 7.25. The Kier molecular flexibility index (Phi) is 3.35. The molecule has 0 radical (unpaired) electrons. The fraction of sp³-hybridized carbons (Fsp3) is 0.500. The predicted molar refractivity (Wildman–Crippen MR) is 79.5 cm³/mol. The van der Waals surface area contributed by atoms with Gasteiger partial charge in [-0.3, -0.25) is 0 Å². The fourth-order valence-electron chi connectivity index (χ4n) is 2.84. The van der Waals surface area contributed by atoms with Crippen LogP contribution in [-0.4, -0.2) is 37.5 Å². The van der Waals surface area contributed by atoms with Crippen molar-refractivity contribution in [3.8, 4) is 0 Å². The van der Waals surface area contributed by atoms with Crippen LogP contribution in [0.3, 0.4) is 0 Å². The van der Waals surface area contributed by atoms with Crippen molar-refractivity contribution >= 4 is 39.4 Å². The maximum atomic E-state index is 9.92. The number of aliphatic hydroxyl groups is 2. The second-order valence-corrected chi connectivity index (χ2v) is 6.14. The van der Waals surface area contributed by atoms with Gasteiger partial charge in [-0.05, 0) is 35.4 Å². The molecule has 0 aliphatic heterocycles. The lowest BCUT2D eigenvalue weighted by molar-refractivity contribution is 0.0906. The number of aromatic nitrogens is 3. The Hall–Kier alpha value is -0.930. The van der Waals surface area contributed by atoms with Gasteiger partial charge in [0.1, 0.15) is 17.8 Å². The van der Waals surface area contributed by atoms with E-state index >= 15 is 0 Å². The molecule has 1 aliphatic rings. The molecule has 0 saturated heterocycles. The molecule has 6 nitrogen and oxygen atoms in total. The van der Waals surface area contributed by atoms with Gasteiger partial charge in [0, 0.05) is 28.3 Å². The maximum absolute atomic E-state index is 9.92. The Morgan fingerprint density at radius 3 is 2.89 bits per heavy atom. The number of hydrogen-bond donors (Lipinski definition) is 3. The molecule has 102 valence electrons. The van der Waals surface area contributed by atoms with Crippen LogP contribution in [0.15, 0.2) is 12.5 Å². The molecule has 2 aromatic heterocycles. The first-order chi connectivity index (χ1) is 9.11. The summed E-state index contributed by atoms with van der Waals surface area (Å²) < 4.78 is 3.06. The Morgan fingerprint density at radius 1 is 1.42 bits per heavy atom. The van der Waals surface area contributed by atoms with Gasteiger partial charge in [-0.1, -0.05) is 0 Å². The number of nitrogens with two attached hydrogens (primary N) is 1. The van der Waals surface area contributed by atoms with Crippen LogP contribution in [-0.2, 0) is 0 Å². The van der Waals surface area contributed by atoms with E-state index < -0.39 is 6.10 Å². The van der Waals surface area contributed by atoms with Crippen LogP contribution in [0.25, 0.3) is 11.0 Å². The summed E-state index contributed by atoms with van der Waals surface area (Å²) in [5, 5.41) is 20.0. The van der Waals surface area contributed by atoms with E-state index in [0.717, 1.165) is 21.0 Å². The van der Waals surface area contributed by atoms with Crippen LogP contribution in [0.4, 0.5) is 5.82 Å². The van der Waals surface area contributed by atoms with Gasteiger partial charge in [0.15, 0.2) is 0 Å². The normalized spacial score (nSPS) is 27.2. The van der Waals surface area contributed by atoms with E-state index in [1.165, 1.54) is 6.33 Å². The smallest absolute Gasteiger partial charge is 0.146 e. The molecule has 0 spiro atoms. The molecule has 0 bridgehead atoms. The van der Waals surface area contributed by atoms with E-state index in [1.54, 1.807) is 0 Å². The molecule has 1 aliphatic carbocycles. The zero-order chi connectivity index (χ0) is 13.6. The Balaban J connectivity index is 2.05. The molecule has 7 heteroatoms. The summed E-state index contributed by atoms with van der Waals surface area (Å²) in [6.45, 7) is 0.0189. The number of aliphatic hydroxyl groups excluding tert-OH is 2. The molecule has 2 aromatic rings. The van der Waals surface area contributed by atoms with Crippen molar-refractivity contribution in [2.24, 2.45) is 5.92 Å². The van der Waals surface area contributed by atoms with Gasteiger partial charge in [-0.25, -0.2) is 9.97 Å². The quantitative estimate of drug-likeness (QED) is 0.680. The van der Waals surface area contributed by atoms with Gasteiger partial charge in [0.25, 0.3) is 0 Å². The van der Waals surface area contributed by atoms with Crippen molar-refractivity contribution in [2.45, 2.75) is 25.0 Å². The number of halogens is 1. The highest BCUT2D eigenvalue weighted by Gasteiger charge is 2.34. The highest BCUT2D eigenvalue weighted by atomic mass is 127. The van der Waals surface area contributed by atoms with E-state index in [4.69, 9.17) is 5.73 Å². The first-order valence-electron chi connectivity index (χ1n) is 6.17. The summed E-state index contributed by atoms with van der Waals surface area (Å²) in [5.41, 5.74) is 6.69. The first kappa shape index (κ1) is 13.1. The lowest BCUT2D eigenvalue weighted by Crippen LogP contribution is -2.16. The van der Waals surface area contributed by atoms with Crippen molar-refractivity contribution in [3.05, 3.63) is 16.1 Å². The minimum absolute atomic E-state index is 0.0189. The van der Waals surface area contributed by atoms with Gasteiger partial charge in [0.2, 0.25) is 0 Å². The summed E-state index contributed by atoms with van der Waals surface area (Å²) in [4.78, 5) is 8.32. The monoisotopic (exact) mass is 374 g/mol. The van der Waals surface area contributed by atoms with Gasteiger partial charge >= 0.3 is 0 Å². The largest absolute Gasteiger partial charge is 0.396 e. The molecule has 3 atom stereocenters. The number of hydrogen-bond acceptors (Lipinski definition) is 5. The minimum Gasteiger partial charge on any atom is -0.396 e. The van der Waals surface area contributed by atoms with Crippen LogP contribution >= 0.6 is 22.6 Å². The van der Waals surface area contributed by atoms with E-state index in [-0.39, 0.29) is 18.6 Å². The Morgan fingerprint density at radius 2 is 2.21 bits per heavy atom. The zero-order valence-corrected chi connectivity index (χ0v) is 12.4. The van der Waals surface area contributed by atoms with Gasteiger partial charge in [-0.2, -0.15) is 0 Å². The fourth-order valence-corrected chi connectivity index (χ4v) is 3.66. The van der Waals surface area contributed by atoms with Crippen LogP contribution < -0.4 is 5.73 Å². The van der Waals surface area contributed by atoms with Crippen LogP contribution in [0, 0.1) is 9.49 Å². The Labute approximate surface area is 123 Å². The second kappa shape index (κ2) is 4.88. The molecule has 3 unspecified atom stereocenters. The summed E-state index contributed by atoms with van der Waals surface area (Å²) in [6, 6.07) is 0.146. The lowest BCUT2D eigenvalue weighted by atomic mass is 10.1. The van der Waals surface area contributed by atoms with Gasteiger partial charge < -0.3 is 20.5 Å². The van der Waals surface area contributed by atoms with Crippen LogP contribution in [0.2, 0.25) is 0 Å². The standard InChI is InChI=1S/C12H15IN4O2/c13-8-3-17(7-1-6(4-18)9(19)2-7)12-10(8)11(14)15-5-16-12/h3,5-7,9,18-19H,1-2,4H2,(H2,14,15,16). The average Bonchev–Trinajstić information content (AvgIpc) is 2.91. The minimum atomic E-state index is -0.454. The molecule has 2 heterocycles. The van der Waals surface area contributed by atoms with Crippen molar-refractivity contribution in [2.75, 3.05) is 12.3 Å². The molecule has 0 amide bonds. The number of rotatable bonds is 2. The second-order valence-electron chi connectivity index (χ2n) is 4.98. The predicted octanol–water partition coefficient (Wildman–Crippen LogP) is 0.922. The number of nitrogen functional groups attached to an aromatic ring is 1. The third-order valence-electron chi connectivity index (χ3n) is 3.85. The molecule has 19 heavy (non-hydrogen) atoms. The summed E-state index contributed by atoms with van der Waals surface area (Å²) in [6.07, 6.45) is 4.38. The summed E-state index contributed by atoms with van der Waals surface area (Å²) in [5.74, 6) is 0.421. The number of nitrogens with zero attached hydrogens (tertiary/aromatic N) is 3. The Bertz CT molecular complexity index is 615. The average molecular weight is 374 g/mol. The van der Waals surface area contributed by atoms with E-state index in [1.807, 2.05) is 10.8 Å². The number of fused-ring (bicyclic) bond motifs is 1. The van der Waals surface area contributed by atoms with Crippen LogP contribution in [0.5, 0.6) is 0 Å². The molecule has 4 N–H and O–H groups in total. The topological polar surface area (TPSA) is 97.2 Å². The summed E-state index contributed by atoms with van der Waals surface area (Å²) in [7, 11) is 0. The van der Waals surface area contributed by atoms with Crippen molar-refractivity contribution < 1.29 is 10.2 Å². The van der Waals surface area contributed by atoms with Gasteiger partial charge in [-0.15, -0.1) is 0 Å². The third-order valence-corrected chi connectivity index (χ3v) is 4.67. The van der Waals surface area contributed by atoms with Crippen molar-refractivity contribution in [1.29, 1.82) is 0 Å². The highest BCUT2D eigenvalue weighted by molar-refractivity contribution is 14.1. The van der Waals surface area contributed by atoms with Crippen molar-refractivity contribution in [3.63, 3.8) is 0 Å². The summed E-state index contributed by atoms with van der Waals surface area (Å²) >= 11 is 2.22. The van der Waals surface area contributed by atoms with E-state index in [9.17, 15) is 10.2 Å². The van der Waals surface area contributed by atoms with E-state index in [2.05, 4.69) is 32.6 Å². The van der Waals surface area contributed by atoms with Gasteiger partial charge in [0.05, 0.1) is 11.5 Å². The third kappa shape index (κ3) is 2.09. The SMILES string of the molecule is Nc1ncnc2c1c(I)cn2C1CC(O)C(CO)C1. The molecule has 1 fully saturated rings. The zero-order valence-electron chi connectivity index (χ0n) is 10.2. The van der Waals surface area contributed by atoms with E-state index in [0.29, 0.717) is 12.2 Å². The maximum Gasteiger partial charge on any atom is 0.146 e. The molecule has 1 saturated carbocycles. The highest BCUT2D eigenvalue weighted by Crippen LogP contribution is 2.38. The molecular weight excluding hydrogens is 359 g/mol. The van der Waals surface area contributed by atoms with Crippen LogP contribution in [0.1, 0.15) is 18.9 Å². The molecule has 0 aromatic carbocycles.